The van der Waals surface area contributed by atoms with Crippen molar-refractivity contribution in [3.05, 3.63) is 41.5 Å². The second kappa shape index (κ2) is 7.66. The highest BCUT2D eigenvalue weighted by Gasteiger charge is 2.59. The standard InChI is InChI=1S/C23H28N4O4/c1-15-24-22(31-25-15)23-13-26(11-18(23)12-27(14-23)21(29)17-7-8-17)20(28)10-9-16-5-3-4-6-19(16)30-2/h3-6,17-18H,7-14H2,1-2H3/t18-,23-/m0/s1. The maximum atomic E-state index is 13.1. The zero-order valence-corrected chi connectivity index (χ0v) is 18.0. The molecule has 1 saturated carbocycles. The minimum atomic E-state index is -0.466. The van der Waals surface area contributed by atoms with Gasteiger partial charge in [-0.2, -0.15) is 4.98 Å². The van der Waals surface area contributed by atoms with Crippen molar-refractivity contribution in [3.8, 4) is 5.75 Å². The zero-order valence-electron chi connectivity index (χ0n) is 18.0. The van der Waals surface area contributed by atoms with E-state index in [-0.39, 0.29) is 23.7 Å². The van der Waals surface area contributed by atoms with E-state index in [1.165, 1.54) is 0 Å². The summed E-state index contributed by atoms with van der Waals surface area (Å²) in [6.07, 6.45) is 3.01. The number of ether oxygens (including phenoxy) is 1. The predicted molar refractivity (Wildman–Crippen MR) is 111 cm³/mol. The molecule has 31 heavy (non-hydrogen) atoms. The van der Waals surface area contributed by atoms with Crippen molar-refractivity contribution < 1.29 is 18.8 Å². The summed E-state index contributed by atoms with van der Waals surface area (Å²) in [4.78, 5) is 34.2. The molecule has 2 atom stereocenters. The van der Waals surface area contributed by atoms with Crippen LogP contribution in [0.15, 0.2) is 28.8 Å². The summed E-state index contributed by atoms with van der Waals surface area (Å²) in [6.45, 7) is 4.11. The molecule has 2 aliphatic heterocycles. The Kier molecular flexibility index (Phi) is 4.95. The van der Waals surface area contributed by atoms with Gasteiger partial charge in [-0.1, -0.05) is 23.4 Å². The van der Waals surface area contributed by atoms with E-state index in [1.54, 1.807) is 14.0 Å². The number of amides is 2. The number of hydrogen-bond acceptors (Lipinski definition) is 6. The number of benzene rings is 1. The van der Waals surface area contributed by atoms with Gasteiger partial charge in [-0.15, -0.1) is 0 Å². The lowest BCUT2D eigenvalue weighted by atomic mass is 9.81. The largest absolute Gasteiger partial charge is 0.496 e. The number of aryl methyl sites for hydroxylation is 2. The lowest BCUT2D eigenvalue weighted by molar-refractivity contribution is -0.132. The first-order valence-electron chi connectivity index (χ1n) is 11.0. The lowest BCUT2D eigenvalue weighted by Crippen LogP contribution is -2.41. The Morgan fingerprint density at radius 2 is 1.94 bits per heavy atom. The topological polar surface area (TPSA) is 88.8 Å². The normalized spacial score (nSPS) is 25.0. The summed E-state index contributed by atoms with van der Waals surface area (Å²) < 4.78 is 11.0. The Labute approximate surface area is 181 Å². The summed E-state index contributed by atoms with van der Waals surface area (Å²) in [5.74, 6) is 2.58. The Hall–Kier alpha value is -2.90. The minimum Gasteiger partial charge on any atom is -0.496 e. The van der Waals surface area contributed by atoms with Crippen LogP contribution in [0.5, 0.6) is 5.75 Å². The Bertz CT molecular complexity index is 1000. The molecule has 2 aromatic rings. The number of carbonyl (C=O) groups excluding carboxylic acids is 2. The average molecular weight is 425 g/mol. The van der Waals surface area contributed by atoms with Crippen LogP contribution in [0.3, 0.4) is 0 Å². The van der Waals surface area contributed by atoms with E-state index in [0.717, 1.165) is 24.2 Å². The fourth-order valence-electron chi connectivity index (χ4n) is 5.12. The first-order chi connectivity index (χ1) is 15.0. The van der Waals surface area contributed by atoms with Gasteiger partial charge in [0.2, 0.25) is 17.7 Å². The van der Waals surface area contributed by atoms with E-state index >= 15 is 0 Å². The van der Waals surface area contributed by atoms with Crippen LogP contribution in [0.1, 0.15) is 36.5 Å². The molecule has 164 valence electrons. The van der Waals surface area contributed by atoms with Crippen LogP contribution >= 0.6 is 0 Å². The Morgan fingerprint density at radius 1 is 1.19 bits per heavy atom. The maximum absolute atomic E-state index is 13.1. The molecule has 8 heteroatoms. The number of methoxy groups -OCH3 is 1. The molecule has 3 fully saturated rings. The fourth-order valence-corrected chi connectivity index (χ4v) is 5.12. The molecule has 0 N–H and O–H groups in total. The summed E-state index contributed by atoms with van der Waals surface area (Å²) in [5, 5.41) is 3.99. The molecule has 1 aromatic carbocycles. The molecule has 0 bridgehead atoms. The van der Waals surface area contributed by atoms with E-state index in [9.17, 15) is 9.59 Å². The second-order valence-corrected chi connectivity index (χ2v) is 9.08. The number of carbonyl (C=O) groups is 2. The molecule has 3 aliphatic rings. The molecule has 0 spiro atoms. The number of fused-ring (bicyclic) bond motifs is 1. The zero-order chi connectivity index (χ0) is 21.6. The van der Waals surface area contributed by atoms with E-state index in [0.29, 0.717) is 50.7 Å². The number of aromatic nitrogens is 2. The van der Waals surface area contributed by atoms with Crippen LogP contribution in [0, 0.1) is 18.8 Å². The quantitative estimate of drug-likeness (QED) is 0.704. The number of para-hydroxylation sites is 1. The van der Waals surface area contributed by atoms with Gasteiger partial charge < -0.3 is 19.1 Å². The monoisotopic (exact) mass is 424 g/mol. The summed E-state index contributed by atoms with van der Waals surface area (Å²) in [6, 6.07) is 7.80. The van der Waals surface area contributed by atoms with E-state index in [1.807, 2.05) is 34.1 Å². The molecular weight excluding hydrogens is 396 g/mol. The van der Waals surface area contributed by atoms with Crippen molar-refractivity contribution in [1.29, 1.82) is 0 Å². The molecule has 8 nitrogen and oxygen atoms in total. The van der Waals surface area contributed by atoms with Crippen molar-refractivity contribution in [1.82, 2.24) is 19.9 Å². The predicted octanol–water partition coefficient (Wildman–Crippen LogP) is 1.97. The van der Waals surface area contributed by atoms with Gasteiger partial charge in [-0.25, -0.2) is 0 Å². The van der Waals surface area contributed by atoms with Crippen molar-refractivity contribution in [2.75, 3.05) is 33.3 Å². The first kappa shape index (κ1) is 20.0. The van der Waals surface area contributed by atoms with E-state index < -0.39 is 5.41 Å². The van der Waals surface area contributed by atoms with E-state index in [2.05, 4.69) is 10.1 Å². The van der Waals surface area contributed by atoms with Crippen molar-refractivity contribution in [2.24, 2.45) is 11.8 Å². The minimum absolute atomic E-state index is 0.107. The molecule has 0 radical (unpaired) electrons. The summed E-state index contributed by atoms with van der Waals surface area (Å²) >= 11 is 0. The third-order valence-corrected chi connectivity index (χ3v) is 6.95. The van der Waals surface area contributed by atoms with Crippen LogP contribution in [0.2, 0.25) is 0 Å². The van der Waals surface area contributed by atoms with Gasteiger partial charge in [-0.3, -0.25) is 9.59 Å². The van der Waals surface area contributed by atoms with Crippen LogP contribution in [0.25, 0.3) is 0 Å². The van der Waals surface area contributed by atoms with Crippen molar-refractivity contribution >= 4 is 11.8 Å². The van der Waals surface area contributed by atoms with Crippen molar-refractivity contribution in [3.63, 3.8) is 0 Å². The number of rotatable bonds is 6. The molecular formula is C23H28N4O4. The number of nitrogens with zero attached hydrogens (tertiary/aromatic N) is 4. The maximum Gasteiger partial charge on any atom is 0.236 e. The van der Waals surface area contributed by atoms with Gasteiger partial charge in [0.15, 0.2) is 5.82 Å². The van der Waals surface area contributed by atoms with E-state index in [4.69, 9.17) is 9.26 Å². The van der Waals surface area contributed by atoms with Gasteiger partial charge >= 0.3 is 0 Å². The number of hydrogen-bond donors (Lipinski definition) is 0. The van der Waals surface area contributed by atoms with Gasteiger partial charge in [0.1, 0.15) is 5.75 Å². The molecule has 5 rings (SSSR count). The lowest BCUT2D eigenvalue weighted by Gasteiger charge is -2.26. The fraction of sp³-hybridized carbons (Fsp3) is 0.565. The smallest absolute Gasteiger partial charge is 0.236 e. The average Bonchev–Trinajstić information content (AvgIpc) is 3.27. The molecule has 0 unspecified atom stereocenters. The van der Waals surface area contributed by atoms with Crippen LogP contribution in [-0.2, 0) is 21.4 Å². The molecule has 1 aliphatic carbocycles. The van der Waals surface area contributed by atoms with Gasteiger partial charge in [0, 0.05) is 44.4 Å². The third-order valence-electron chi connectivity index (χ3n) is 6.95. The highest BCUT2D eigenvalue weighted by atomic mass is 16.5. The second-order valence-electron chi connectivity index (χ2n) is 9.08. The number of likely N-dealkylation sites (tertiary alicyclic amines) is 2. The Morgan fingerprint density at radius 3 is 2.65 bits per heavy atom. The molecule has 2 amide bonds. The SMILES string of the molecule is COc1ccccc1CCC(=O)N1C[C@H]2CN(C(=O)C3CC3)C[C@@]2(c2nc(C)no2)C1. The van der Waals surface area contributed by atoms with Gasteiger partial charge in [0.25, 0.3) is 0 Å². The molecule has 3 heterocycles. The van der Waals surface area contributed by atoms with Gasteiger partial charge in [-0.05, 0) is 37.8 Å². The van der Waals surface area contributed by atoms with Crippen LogP contribution in [0.4, 0.5) is 0 Å². The van der Waals surface area contributed by atoms with Crippen LogP contribution < -0.4 is 4.74 Å². The molecule has 2 saturated heterocycles. The molecule has 1 aromatic heterocycles. The summed E-state index contributed by atoms with van der Waals surface area (Å²) in [7, 11) is 1.65. The highest BCUT2D eigenvalue weighted by Crippen LogP contribution is 2.46. The Balaban J connectivity index is 1.32. The summed E-state index contributed by atoms with van der Waals surface area (Å²) in [5.41, 5.74) is 0.563. The van der Waals surface area contributed by atoms with Gasteiger partial charge in [0.05, 0.1) is 12.5 Å². The first-order valence-corrected chi connectivity index (χ1v) is 11.0. The highest BCUT2D eigenvalue weighted by molar-refractivity contribution is 5.82. The third kappa shape index (κ3) is 3.58. The van der Waals surface area contributed by atoms with Crippen molar-refractivity contribution in [2.45, 2.75) is 38.0 Å². The van der Waals surface area contributed by atoms with Crippen LogP contribution in [-0.4, -0.2) is 65.0 Å².